The first-order valence-corrected chi connectivity index (χ1v) is 4.71. The highest BCUT2D eigenvalue weighted by molar-refractivity contribution is 5.34. The molecule has 0 heterocycles. The summed E-state index contributed by atoms with van der Waals surface area (Å²) < 4.78 is 18.1. The van der Waals surface area contributed by atoms with E-state index in [2.05, 4.69) is 6.08 Å². The van der Waals surface area contributed by atoms with Crippen molar-refractivity contribution in [1.82, 2.24) is 0 Å². The molecule has 1 aromatic carbocycles. The molecular weight excluding hydrogens is 179 g/mol. The number of hydrogen-bond acceptors (Lipinski definition) is 1. The van der Waals surface area contributed by atoms with Crippen LogP contribution in [0.25, 0.3) is 0 Å². The number of aryl methyl sites for hydroxylation is 1. The van der Waals surface area contributed by atoms with Crippen molar-refractivity contribution >= 4 is 0 Å². The van der Waals surface area contributed by atoms with Crippen molar-refractivity contribution in [3.8, 4) is 5.75 Å². The number of benzene rings is 1. The Kier molecular flexibility index (Phi) is 4.17. The van der Waals surface area contributed by atoms with E-state index in [1.54, 1.807) is 13.2 Å². The molecule has 0 atom stereocenters. The first kappa shape index (κ1) is 10.8. The van der Waals surface area contributed by atoms with Crippen molar-refractivity contribution in [2.45, 2.75) is 19.8 Å². The van der Waals surface area contributed by atoms with E-state index in [1.807, 2.05) is 13.0 Å². The molecule has 1 rings (SSSR count). The molecule has 0 saturated heterocycles. The predicted octanol–water partition coefficient (Wildman–Crippen LogP) is 3.34. The van der Waals surface area contributed by atoms with Crippen LogP contribution in [0.5, 0.6) is 5.75 Å². The van der Waals surface area contributed by atoms with Gasteiger partial charge < -0.3 is 4.74 Å². The summed E-state index contributed by atoms with van der Waals surface area (Å²) in [6.07, 6.45) is 5.78. The molecular formula is C12H15FO. The van der Waals surface area contributed by atoms with Crippen LogP contribution in [-0.4, -0.2) is 7.11 Å². The fourth-order valence-corrected chi connectivity index (χ4v) is 1.35. The van der Waals surface area contributed by atoms with Gasteiger partial charge in [0.25, 0.3) is 0 Å². The smallest absolute Gasteiger partial charge is 0.123 e. The van der Waals surface area contributed by atoms with Gasteiger partial charge in [0.05, 0.1) is 7.11 Å². The second kappa shape index (κ2) is 5.43. The molecule has 0 aliphatic rings. The van der Waals surface area contributed by atoms with Gasteiger partial charge in [-0.25, -0.2) is 4.39 Å². The Morgan fingerprint density at radius 2 is 2.21 bits per heavy atom. The standard InChI is InChI=1S/C12H15FO/c1-3-4-5-6-10-9-11(13)7-8-12(10)14-2/h3-4,7-9H,5-6H2,1-2H3/b4-3-. The van der Waals surface area contributed by atoms with E-state index in [1.165, 1.54) is 12.1 Å². The third-order valence-electron chi connectivity index (χ3n) is 2.06. The molecule has 76 valence electrons. The van der Waals surface area contributed by atoms with Crippen molar-refractivity contribution in [2.75, 3.05) is 7.11 Å². The normalized spacial score (nSPS) is 10.8. The second-order valence-electron chi connectivity index (χ2n) is 3.06. The summed E-state index contributed by atoms with van der Waals surface area (Å²) in [4.78, 5) is 0. The number of allylic oxidation sites excluding steroid dienone is 2. The zero-order chi connectivity index (χ0) is 10.4. The van der Waals surface area contributed by atoms with Gasteiger partial charge in [0.15, 0.2) is 0 Å². The zero-order valence-electron chi connectivity index (χ0n) is 8.59. The molecule has 0 fully saturated rings. The van der Waals surface area contributed by atoms with Crippen LogP contribution in [0.1, 0.15) is 18.9 Å². The van der Waals surface area contributed by atoms with E-state index < -0.39 is 0 Å². The SMILES string of the molecule is C/C=C\CCc1cc(F)ccc1OC. The van der Waals surface area contributed by atoms with Crippen molar-refractivity contribution in [3.05, 3.63) is 41.7 Å². The lowest BCUT2D eigenvalue weighted by Gasteiger charge is -2.06. The molecule has 0 aromatic heterocycles. The Hall–Kier alpha value is -1.31. The van der Waals surface area contributed by atoms with Crippen molar-refractivity contribution in [1.29, 1.82) is 0 Å². The molecule has 0 amide bonds. The summed E-state index contributed by atoms with van der Waals surface area (Å²) in [5, 5.41) is 0. The van der Waals surface area contributed by atoms with Gasteiger partial charge in [-0.05, 0) is 43.5 Å². The molecule has 0 unspecified atom stereocenters. The van der Waals surface area contributed by atoms with Crippen LogP contribution in [0.3, 0.4) is 0 Å². The van der Waals surface area contributed by atoms with Crippen LogP contribution >= 0.6 is 0 Å². The fourth-order valence-electron chi connectivity index (χ4n) is 1.35. The van der Waals surface area contributed by atoms with Gasteiger partial charge in [-0.1, -0.05) is 12.2 Å². The Morgan fingerprint density at radius 3 is 2.86 bits per heavy atom. The lowest BCUT2D eigenvalue weighted by atomic mass is 10.1. The maximum absolute atomic E-state index is 12.9. The lowest BCUT2D eigenvalue weighted by molar-refractivity contribution is 0.408. The lowest BCUT2D eigenvalue weighted by Crippen LogP contribution is -1.92. The van der Waals surface area contributed by atoms with Crippen molar-refractivity contribution in [3.63, 3.8) is 0 Å². The molecule has 0 spiro atoms. The summed E-state index contributed by atoms with van der Waals surface area (Å²) >= 11 is 0. The molecule has 0 saturated carbocycles. The second-order valence-corrected chi connectivity index (χ2v) is 3.06. The van der Waals surface area contributed by atoms with Crippen LogP contribution in [0, 0.1) is 5.82 Å². The summed E-state index contributed by atoms with van der Waals surface area (Å²) in [6, 6.07) is 4.61. The maximum Gasteiger partial charge on any atom is 0.123 e. The van der Waals surface area contributed by atoms with E-state index in [-0.39, 0.29) is 5.82 Å². The van der Waals surface area contributed by atoms with Gasteiger partial charge >= 0.3 is 0 Å². The average molecular weight is 194 g/mol. The molecule has 1 nitrogen and oxygen atoms in total. The highest BCUT2D eigenvalue weighted by atomic mass is 19.1. The molecule has 0 bridgehead atoms. The number of rotatable bonds is 4. The third-order valence-corrected chi connectivity index (χ3v) is 2.06. The van der Waals surface area contributed by atoms with Crippen molar-refractivity contribution < 1.29 is 9.13 Å². The van der Waals surface area contributed by atoms with E-state index >= 15 is 0 Å². The number of hydrogen-bond donors (Lipinski definition) is 0. The summed E-state index contributed by atoms with van der Waals surface area (Å²) in [7, 11) is 1.60. The van der Waals surface area contributed by atoms with Gasteiger partial charge in [0.1, 0.15) is 11.6 Å². The Morgan fingerprint density at radius 1 is 1.43 bits per heavy atom. The Labute approximate surface area is 84.2 Å². The number of ether oxygens (including phenoxy) is 1. The minimum Gasteiger partial charge on any atom is -0.496 e. The van der Waals surface area contributed by atoms with Crippen LogP contribution in [-0.2, 0) is 6.42 Å². The molecule has 0 aliphatic carbocycles. The van der Waals surface area contributed by atoms with E-state index in [0.29, 0.717) is 0 Å². The van der Waals surface area contributed by atoms with E-state index in [4.69, 9.17) is 4.74 Å². The summed E-state index contributed by atoms with van der Waals surface area (Å²) in [5.41, 5.74) is 0.922. The van der Waals surface area contributed by atoms with Gasteiger partial charge in [-0.15, -0.1) is 0 Å². The molecule has 1 aromatic rings. The third kappa shape index (κ3) is 2.87. The fraction of sp³-hybridized carbons (Fsp3) is 0.333. The summed E-state index contributed by atoms with van der Waals surface area (Å²) in [6.45, 7) is 1.98. The van der Waals surface area contributed by atoms with Crippen molar-refractivity contribution in [2.24, 2.45) is 0 Å². The number of halogens is 1. The summed E-state index contributed by atoms with van der Waals surface area (Å²) in [5.74, 6) is 0.553. The van der Waals surface area contributed by atoms with Crippen LogP contribution < -0.4 is 4.74 Å². The Bertz CT molecular complexity index is 318. The average Bonchev–Trinajstić information content (AvgIpc) is 2.19. The van der Waals surface area contributed by atoms with Gasteiger partial charge in [-0.3, -0.25) is 0 Å². The quantitative estimate of drug-likeness (QED) is 0.668. The molecule has 0 N–H and O–H groups in total. The Balaban J connectivity index is 2.76. The van der Waals surface area contributed by atoms with Crippen LogP contribution in [0.15, 0.2) is 30.4 Å². The number of methoxy groups -OCH3 is 1. The minimum atomic E-state index is -0.207. The predicted molar refractivity (Wildman–Crippen MR) is 56.1 cm³/mol. The van der Waals surface area contributed by atoms with Gasteiger partial charge in [0, 0.05) is 0 Å². The first-order chi connectivity index (χ1) is 6.77. The largest absolute Gasteiger partial charge is 0.496 e. The molecule has 0 aliphatic heterocycles. The van der Waals surface area contributed by atoms with Crippen LogP contribution in [0.2, 0.25) is 0 Å². The molecule has 0 radical (unpaired) electrons. The maximum atomic E-state index is 12.9. The van der Waals surface area contributed by atoms with Crippen LogP contribution in [0.4, 0.5) is 4.39 Å². The van der Waals surface area contributed by atoms with Gasteiger partial charge in [0.2, 0.25) is 0 Å². The monoisotopic (exact) mass is 194 g/mol. The highest BCUT2D eigenvalue weighted by Crippen LogP contribution is 2.20. The van der Waals surface area contributed by atoms with Gasteiger partial charge in [-0.2, -0.15) is 0 Å². The van der Waals surface area contributed by atoms with E-state index in [0.717, 1.165) is 24.2 Å². The minimum absolute atomic E-state index is 0.207. The topological polar surface area (TPSA) is 9.23 Å². The molecule has 14 heavy (non-hydrogen) atoms. The zero-order valence-corrected chi connectivity index (χ0v) is 8.59. The highest BCUT2D eigenvalue weighted by Gasteiger charge is 2.02. The first-order valence-electron chi connectivity index (χ1n) is 4.71. The van der Waals surface area contributed by atoms with E-state index in [9.17, 15) is 4.39 Å². The molecule has 2 heteroatoms.